The summed E-state index contributed by atoms with van der Waals surface area (Å²) < 4.78 is 0. The molecule has 1 aromatic heterocycles. The zero-order valence-corrected chi connectivity index (χ0v) is 9.53. The van der Waals surface area contributed by atoms with Crippen molar-refractivity contribution in [1.82, 2.24) is 9.97 Å². The Bertz CT molecular complexity index is 532. The zero-order chi connectivity index (χ0) is 11.4. The van der Waals surface area contributed by atoms with E-state index in [-0.39, 0.29) is 0 Å². The fourth-order valence-corrected chi connectivity index (χ4v) is 2.10. The molecule has 0 N–H and O–H groups in total. The second-order valence-corrected chi connectivity index (χ2v) is 4.25. The van der Waals surface area contributed by atoms with Crippen molar-refractivity contribution >= 4 is 11.8 Å². The molecule has 0 aliphatic heterocycles. The van der Waals surface area contributed by atoms with Crippen molar-refractivity contribution < 1.29 is 0 Å². The highest BCUT2D eigenvalue weighted by atomic mass is 32.2. The molecule has 0 saturated carbocycles. The summed E-state index contributed by atoms with van der Waals surface area (Å²) >= 11 is 1.46. The molecule has 0 amide bonds. The Morgan fingerprint density at radius 3 is 2.69 bits per heavy atom. The van der Waals surface area contributed by atoms with Gasteiger partial charge in [-0.05, 0) is 19.1 Å². The van der Waals surface area contributed by atoms with Gasteiger partial charge in [-0.1, -0.05) is 30.0 Å². The number of rotatable bonds is 2. The van der Waals surface area contributed by atoms with Crippen LogP contribution in [-0.2, 0) is 0 Å². The Morgan fingerprint density at radius 1 is 1.25 bits per heavy atom. The Kier molecular flexibility index (Phi) is 3.18. The van der Waals surface area contributed by atoms with Gasteiger partial charge < -0.3 is 0 Å². The summed E-state index contributed by atoms with van der Waals surface area (Å²) in [6.07, 6.45) is 1.60. The van der Waals surface area contributed by atoms with Crippen LogP contribution in [-0.4, -0.2) is 9.97 Å². The van der Waals surface area contributed by atoms with Crippen molar-refractivity contribution in [2.24, 2.45) is 0 Å². The first kappa shape index (κ1) is 10.7. The Hall–Kier alpha value is -1.86. The molecule has 0 unspecified atom stereocenters. The summed E-state index contributed by atoms with van der Waals surface area (Å²) in [4.78, 5) is 9.42. The van der Waals surface area contributed by atoms with Crippen molar-refractivity contribution in [2.45, 2.75) is 16.8 Å². The van der Waals surface area contributed by atoms with Gasteiger partial charge in [0.05, 0.1) is 5.69 Å². The van der Waals surface area contributed by atoms with E-state index in [2.05, 4.69) is 9.97 Å². The van der Waals surface area contributed by atoms with Crippen molar-refractivity contribution in [3.8, 4) is 6.07 Å². The minimum Gasteiger partial charge on any atom is -0.242 e. The molecule has 2 rings (SSSR count). The Labute approximate surface area is 98.2 Å². The number of hydrogen-bond acceptors (Lipinski definition) is 4. The third kappa shape index (κ3) is 2.38. The van der Waals surface area contributed by atoms with E-state index in [0.717, 1.165) is 10.6 Å². The molecule has 0 aliphatic rings. The standard InChI is InChI=1S/C12H9N3S/c1-9-8-14-11(7-13)12(15-9)16-10-5-3-2-4-6-10/h2-6,8H,1H3. The maximum Gasteiger partial charge on any atom is 0.173 e. The van der Waals surface area contributed by atoms with Gasteiger partial charge in [0.1, 0.15) is 11.1 Å². The molecule has 0 bridgehead atoms. The molecule has 0 aliphatic carbocycles. The highest BCUT2D eigenvalue weighted by molar-refractivity contribution is 7.99. The summed E-state index contributed by atoms with van der Waals surface area (Å²) in [6, 6.07) is 11.9. The largest absolute Gasteiger partial charge is 0.242 e. The molecular formula is C12H9N3S. The fraction of sp³-hybridized carbons (Fsp3) is 0.0833. The SMILES string of the molecule is Cc1cnc(C#N)c(Sc2ccccc2)n1. The third-order valence-corrected chi connectivity index (χ3v) is 2.91. The average Bonchev–Trinajstić information content (AvgIpc) is 2.31. The lowest BCUT2D eigenvalue weighted by Gasteiger charge is -2.02. The number of aromatic nitrogens is 2. The van der Waals surface area contributed by atoms with E-state index in [0.29, 0.717) is 10.7 Å². The van der Waals surface area contributed by atoms with Crippen LogP contribution in [0.2, 0.25) is 0 Å². The molecule has 1 heterocycles. The lowest BCUT2D eigenvalue weighted by Crippen LogP contribution is -1.93. The smallest absolute Gasteiger partial charge is 0.173 e. The quantitative estimate of drug-likeness (QED) is 0.791. The van der Waals surface area contributed by atoms with E-state index in [9.17, 15) is 0 Å². The molecule has 0 atom stereocenters. The summed E-state index contributed by atoms with van der Waals surface area (Å²) in [5.74, 6) is 0. The fourth-order valence-electron chi connectivity index (χ4n) is 1.20. The lowest BCUT2D eigenvalue weighted by molar-refractivity contribution is 0.976. The highest BCUT2D eigenvalue weighted by Crippen LogP contribution is 2.27. The van der Waals surface area contributed by atoms with Crippen LogP contribution < -0.4 is 0 Å². The maximum absolute atomic E-state index is 8.92. The first-order valence-corrected chi connectivity index (χ1v) is 5.58. The number of benzene rings is 1. The first-order valence-electron chi connectivity index (χ1n) is 4.76. The number of nitrogens with zero attached hydrogens (tertiary/aromatic N) is 3. The van der Waals surface area contributed by atoms with Gasteiger partial charge >= 0.3 is 0 Å². The number of hydrogen-bond donors (Lipinski definition) is 0. The molecule has 78 valence electrons. The van der Waals surface area contributed by atoms with E-state index in [1.807, 2.05) is 43.3 Å². The lowest BCUT2D eigenvalue weighted by atomic mass is 10.4. The van der Waals surface area contributed by atoms with Gasteiger partial charge in [0.2, 0.25) is 0 Å². The summed E-state index contributed by atoms with van der Waals surface area (Å²) in [5.41, 5.74) is 1.19. The molecule has 4 heteroatoms. The molecule has 0 spiro atoms. The highest BCUT2D eigenvalue weighted by Gasteiger charge is 2.07. The number of nitriles is 1. The average molecular weight is 227 g/mol. The van der Waals surface area contributed by atoms with Crippen LogP contribution in [0.4, 0.5) is 0 Å². The second kappa shape index (κ2) is 4.77. The van der Waals surface area contributed by atoms with Gasteiger partial charge in [0, 0.05) is 11.1 Å². The molecule has 0 fully saturated rings. The van der Waals surface area contributed by atoms with Crippen LogP contribution in [0.15, 0.2) is 46.5 Å². The molecule has 0 saturated heterocycles. The van der Waals surface area contributed by atoms with Gasteiger partial charge in [-0.25, -0.2) is 9.97 Å². The maximum atomic E-state index is 8.92. The normalized spacial score (nSPS) is 9.75. The van der Waals surface area contributed by atoms with Crippen molar-refractivity contribution in [3.05, 3.63) is 47.9 Å². The first-order chi connectivity index (χ1) is 7.79. The van der Waals surface area contributed by atoms with Crippen molar-refractivity contribution in [3.63, 3.8) is 0 Å². The zero-order valence-electron chi connectivity index (χ0n) is 8.71. The Morgan fingerprint density at radius 2 is 2.00 bits per heavy atom. The van der Waals surface area contributed by atoms with Gasteiger partial charge in [0.15, 0.2) is 5.69 Å². The summed E-state index contributed by atoms with van der Waals surface area (Å²) in [7, 11) is 0. The Balaban J connectivity index is 2.35. The van der Waals surface area contributed by atoms with Crippen LogP contribution in [0.25, 0.3) is 0 Å². The van der Waals surface area contributed by atoms with E-state index in [1.165, 1.54) is 11.8 Å². The molecular weight excluding hydrogens is 218 g/mol. The molecule has 1 aromatic carbocycles. The summed E-state index contributed by atoms with van der Waals surface area (Å²) in [5, 5.41) is 9.58. The molecule has 2 aromatic rings. The minimum atomic E-state index is 0.374. The van der Waals surface area contributed by atoms with E-state index in [1.54, 1.807) is 6.20 Å². The minimum absolute atomic E-state index is 0.374. The third-order valence-electron chi connectivity index (χ3n) is 1.92. The van der Waals surface area contributed by atoms with Gasteiger partial charge in [-0.2, -0.15) is 5.26 Å². The van der Waals surface area contributed by atoms with E-state index in [4.69, 9.17) is 5.26 Å². The topological polar surface area (TPSA) is 49.6 Å². The van der Waals surface area contributed by atoms with Crippen molar-refractivity contribution in [1.29, 1.82) is 5.26 Å². The molecule has 3 nitrogen and oxygen atoms in total. The predicted molar refractivity (Wildman–Crippen MR) is 62.0 cm³/mol. The van der Waals surface area contributed by atoms with E-state index >= 15 is 0 Å². The predicted octanol–water partition coefficient (Wildman–Crippen LogP) is 2.81. The van der Waals surface area contributed by atoms with Crippen LogP contribution in [0.1, 0.15) is 11.4 Å². The second-order valence-electron chi connectivity index (χ2n) is 3.19. The summed E-state index contributed by atoms with van der Waals surface area (Å²) in [6.45, 7) is 1.86. The van der Waals surface area contributed by atoms with Gasteiger partial charge in [0.25, 0.3) is 0 Å². The molecule has 0 radical (unpaired) electrons. The van der Waals surface area contributed by atoms with Crippen LogP contribution >= 0.6 is 11.8 Å². The molecule has 16 heavy (non-hydrogen) atoms. The monoisotopic (exact) mass is 227 g/mol. The van der Waals surface area contributed by atoms with Gasteiger partial charge in [-0.3, -0.25) is 0 Å². The number of aryl methyl sites for hydroxylation is 1. The van der Waals surface area contributed by atoms with Crippen molar-refractivity contribution in [2.75, 3.05) is 0 Å². The van der Waals surface area contributed by atoms with Crippen LogP contribution in [0, 0.1) is 18.3 Å². The van der Waals surface area contributed by atoms with E-state index < -0.39 is 0 Å². The van der Waals surface area contributed by atoms with Gasteiger partial charge in [-0.15, -0.1) is 0 Å². The van der Waals surface area contributed by atoms with Crippen LogP contribution in [0.3, 0.4) is 0 Å². The van der Waals surface area contributed by atoms with Crippen LogP contribution in [0.5, 0.6) is 0 Å².